The summed E-state index contributed by atoms with van der Waals surface area (Å²) in [5, 5.41) is 12.8. The second-order valence-corrected chi connectivity index (χ2v) is 6.18. The molecule has 1 fully saturated rings. The van der Waals surface area contributed by atoms with Crippen molar-refractivity contribution in [1.82, 2.24) is 9.97 Å². The molecule has 0 saturated heterocycles. The quantitative estimate of drug-likeness (QED) is 0.884. The molecule has 1 aromatic heterocycles. The summed E-state index contributed by atoms with van der Waals surface area (Å²) >= 11 is 0. The summed E-state index contributed by atoms with van der Waals surface area (Å²) in [6.45, 7) is 6.29. The Morgan fingerprint density at radius 1 is 1.40 bits per heavy atom. The first-order valence-corrected chi connectivity index (χ1v) is 7.26. The van der Waals surface area contributed by atoms with Gasteiger partial charge in [0.2, 0.25) is 0 Å². The molecular weight excluding hydrogens is 254 g/mol. The number of carbonyl (C=O) groups is 1. The van der Waals surface area contributed by atoms with Crippen LogP contribution >= 0.6 is 0 Å². The van der Waals surface area contributed by atoms with Crippen molar-refractivity contribution in [3.05, 3.63) is 18.1 Å². The van der Waals surface area contributed by atoms with Gasteiger partial charge in [0, 0.05) is 11.8 Å². The summed E-state index contributed by atoms with van der Waals surface area (Å²) < 4.78 is 0. The van der Waals surface area contributed by atoms with Crippen LogP contribution in [0.1, 0.15) is 58.1 Å². The molecule has 0 aromatic carbocycles. The molecule has 20 heavy (non-hydrogen) atoms. The summed E-state index contributed by atoms with van der Waals surface area (Å²) in [6, 6.07) is 1.85. The minimum atomic E-state index is -0.880. The fourth-order valence-electron chi connectivity index (χ4n) is 2.65. The number of hydrogen-bond acceptors (Lipinski definition) is 4. The number of nitrogens with one attached hydrogen (secondary N) is 1. The van der Waals surface area contributed by atoms with Crippen molar-refractivity contribution in [2.24, 2.45) is 5.92 Å². The number of nitrogens with zero attached hydrogens (tertiary/aromatic N) is 2. The third-order valence-electron chi connectivity index (χ3n) is 4.18. The van der Waals surface area contributed by atoms with E-state index in [9.17, 15) is 9.90 Å². The molecule has 1 aliphatic rings. The van der Waals surface area contributed by atoms with Crippen LogP contribution in [0, 0.1) is 5.92 Å². The number of rotatable bonds is 4. The zero-order chi connectivity index (χ0) is 14.8. The summed E-state index contributed by atoms with van der Waals surface area (Å²) in [6.07, 6.45) is 4.65. The van der Waals surface area contributed by atoms with Crippen molar-refractivity contribution < 1.29 is 9.90 Å². The van der Waals surface area contributed by atoms with Gasteiger partial charge in [-0.3, -0.25) is 0 Å². The molecule has 5 heteroatoms. The predicted molar refractivity (Wildman–Crippen MR) is 77.7 cm³/mol. The molecule has 2 rings (SSSR count). The van der Waals surface area contributed by atoms with Gasteiger partial charge in [0.25, 0.3) is 0 Å². The molecule has 5 nitrogen and oxygen atoms in total. The topological polar surface area (TPSA) is 75.1 Å². The molecule has 110 valence electrons. The molecule has 1 saturated carbocycles. The molecular formula is C15H23N3O2. The largest absolute Gasteiger partial charge is 0.480 e. The van der Waals surface area contributed by atoms with Crippen LogP contribution in [0.4, 0.5) is 5.82 Å². The van der Waals surface area contributed by atoms with Crippen LogP contribution < -0.4 is 5.32 Å². The van der Waals surface area contributed by atoms with E-state index in [1.165, 1.54) is 6.33 Å². The zero-order valence-electron chi connectivity index (χ0n) is 12.4. The zero-order valence-corrected chi connectivity index (χ0v) is 12.4. The number of carboxylic acids is 1. The fourth-order valence-corrected chi connectivity index (χ4v) is 2.65. The van der Waals surface area contributed by atoms with Gasteiger partial charge in [-0.25, -0.2) is 14.8 Å². The van der Waals surface area contributed by atoms with Gasteiger partial charge in [-0.1, -0.05) is 20.8 Å². The highest BCUT2D eigenvalue weighted by Gasteiger charge is 2.41. The lowest BCUT2D eigenvalue weighted by Crippen LogP contribution is -2.49. The lowest BCUT2D eigenvalue weighted by atomic mass is 9.77. The second-order valence-electron chi connectivity index (χ2n) is 6.18. The van der Waals surface area contributed by atoms with Crippen molar-refractivity contribution in [3.63, 3.8) is 0 Å². The molecule has 1 aromatic rings. The van der Waals surface area contributed by atoms with Crippen LogP contribution in [0.3, 0.4) is 0 Å². The summed E-state index contributed by atoms with van der Waals surface area (Å²) in [5.41, 5.74) is 0.0435. The first-order valence-electron chi connectivity index (χ1n) is 7.26. The van der Waals surface area contributed by atoms with E-state index < -0.39 is 11.5 Å². The maximum Gasteiger partial charge on any atom is 0.329 e. The lowest BCUT2D eigenvalue weighted by molar-refractivity contribution is -0.143. The SMILES string of the molecule is CC1CCC(Nc2cc(C(C)C)ncn2)(C(=O)O)CC1. The Kier molecular flexibility index (Phi) is 4.26. The highest BCUT2D eigenvalue weighted by Crippen LogP contribution is 2.34. The molecule has 0 radical (unpaired) electrons. The van der Waals surface area contributed by atoms with Crippen molar-refractivity contribution in [2.45, 2.75) is 57.9 Å². The van der Waals surface area contributed by atoms with Gasteiger partial charge in [0.15, 0.2) is 0 Å². The van der Waals surface area contributed by atoms with Gasteiger partial charge in [-0.05, 0) is 37.5 Å². The van der Waals surface area contributed by atoms with Crippen LogP contribution in [0.5, 0.6) is 0 Å². The van der Waals surface area contributed by atoms with Crippen LogP contribution in [0.15, 0.2) is 12.4 Å². The van der Waals surface area contributed by atoms with Crippen LogP contribution in [0.25, 0.3) is 0 Å². The predicted octanol–water partition coefficient (Wildman–Crippen LogP) is 3.05. The Labute approximate surface area is 119 Å². The van der Waals surface area contributed by atoms with E-state index in [1.807, 2.05) is 6.07 Å². The monoisotopic (exact) mass is 277 g/mol. The Balaban J connectivity index is 2.20. The molecule has 1 aliphatic carbocycles. The Morgan fingerprint density at radius 3 is 2.60 bits per heavy atom. The van der Waals surface area contributed by atoms with E-state index >= 15 is 0 Å². The van der Waals surface area contributed by atoms with Gasteiger partial charge < -0.3 is 10.4 Å². The second kappa shape index (κ2) is 5.77. The van der Waals surface area contributed by atoms with Gasteiger partial charge in [-0.15, -0.1) is 0 Å². The first kappa shape index (κ1) is 14.8. The normalized spacial score (nSPS) is 26.5. The molecule has 0 atom stereocenters. The molecule has 2 N–H and O–H groups in total. The number of hydrogen-bond donors (Lipinski definition) is 2. The maximum atomic E-state index is 11.7. The van der Waals surface area contributed by atoms with E-state index in [0.717, 1.165) is 18.5 Å². The van der Waals surface area contributed by atoms with Crippen molar-refractivity contribution in [2.75, 3.05) is 5.32 Å². The van der Waals surface area contributed by atoms with E-state index in [2.05, 4.69) is 36.1 Å². The third kappa shape index (κ3) is 3.08. The molecule has 0 aliphatic heterocycles. The van der Waals surface area contributed by atoms with Crippen molar-refractivity contribution in [1.29, 1.82) is 0 Å². The molecule has 0 spiro atoms. The molecule has 0 unspecified atom stereocenters. The van der Waals surface area contributed by atoms with Gasteiger partial charge >= 0.3 is 5.97 Å². The summed E-state index contributed by atoms with van der Waals surface area (Å²) in [5.74, 6) is 0.723. The van der Waals surface area contributed by atoms with Crippen molar-refractivity contribution >= 4 is 11.8 Å². The van der Waals surface area contributed by atoms with Gasteiger partial charge in [-0.2, -0.15) is 0 Å². The molecule has 0 bridgehead atoms. The maximum absolute atomic E-state index is 11.7. The van der Waals surface area contributed by atoms with Crippen molar-refractivity contribution in [3.8, 4) is 0 Å². The third-order valence-corrected chi connectivity index (χ3v) is 4.18. The van der Waals surface area contributed by atoms with Crippen LogP contribution in [-0.4, -0.2) is 26.6 Å². The average Bonchev–Trinajstić information content (AvgIpc) is 2.41. The highest BCUT2D eigenvalue weighted by atomic mass is 16.4. The minimum Gasteiger partial charge on any atom is -0.480 e. The smallest absolute Gasteiger partial charge is 0.329 e. The van der Waals surface area contributed by atoms with Gasteiger partial charge in [0.05, 0.1) is 0 Å². The first-order chi connectivity index (χ1) is 9.43. The van der Waals surface area contributed by atoms with E-state index in [1.54, 1.807) is 0 Å². The number of aromatic nitrogens is 2. The molecule has 0 amide bonds. The van der Waals surface area contributed by atoms with Crippen LogP contribution in [0.2, 0.25) is 0 Å². The van der Waals surface area contributed by atoms with E-state index in [-0.39, 0.29) is 0 Å². The number of aliphatic carboxylic acids is 1. The standard InChI is InChI=1S/C15H23N3O2/c1-10(2)12-8-13(17-9-16-12)18-15(14(19)20)6-4-11(3)5-7-15/h8-11H,4-7H2,1-3H3,(H,19,20)(H,16,17,18). The number of carboxylic acid groups (broad SMARTS) is 1. The molecule has 1 heterocycles. The highest BCUT2D eigenvalue weighted by molar-refractivity contribution is 5.82. The van der Waals surface area contributed by atoms with E-state index in [4.69, 9.17) is 0 Å². The fraction of sp³-hybridized carbons (Fsp3) is 0.667. The lowest BCUT2D eigenvalue weighted by Gasteiger charge is -2.36. The summed E-state index contributed by atoms with van der Waals surface area (Å²) in [7, 11) is 0. The number of anilines is 1. The van der Waals surface area contributed by atoms with Gasteiger partial charge in [0.1, 0.15) is 17.7 Å². The Bertz CT molecular complexity index is 480. The Hall–Kier alpha value is -1.65. The van der Waals surface area contributed by atoms with E-state index in [0.29, 0.717) is 30.5 Å². The van der Waals surface area contributed by atoms with Crippen LogP contribution in [-0.2, 0) is 4.79 Å². The summed E-state index contributed by atoms with van der Waals surface area (Å²) in [4.78, 5) is 20.1. The Morgan fingerprint density at radius 2 is 2.05 bits per heavy atom. The average molecular weight is 277 g/mol. The minimum absolute atomic E-state index is 0.297.